The van der Waals surface area contributed by atoms with Crippen molar-refractivity contribution in [3.63, 3.8) is 0 Å². The maximum atomic E-state index is 3.74. The van der Waals surface area contributed by atoms with Gasteiger partial charge >= 0.3 is 0 Å². The smallest absolute Gasteiger partial charge is 0.0303 e. The third-order valence-corrected chi connectivity index (χ3v) is 0.927. The highest BCUT2D eigenvalue weighted by Crippen LogP contribution is 2.06. The molecule has 0 saturated heterocycles. The SMILES string of the molecule is [CH2]CCC[C](C)C. The van der Waals surface area contributed by atoms with E-state index in [9.17, 15) is 0 Å². The molecule has 0 fully saturated rings. The first-order chi connectivity index (χ1) is 3.27. The van der Waals surface area contributed by atoms with E-state index < -0.39 is 0 Å². The fourth-order valence-electron chi connectivity index (χ4n) is 0.479. The van der Waals surface area contributed by atoms with Crippen LogP contribution in [-0.2, 0) is 0 Å². The molecule has 0 atom stereocenters. The molecule has 42 valence electrons. The summed E-state index contributed by atoms with van der Waals surface area (Å²) in [6, 6.07) is 0. The molecule has 0 nitrogen and oxygen atoms in total. The zero-order valence-electron chi connectivity index (χ0n) is 5.33. The van der Waals surface area contributed by atoms with Crippen molar-refractivity contribution in [1.82, 2.24) is 0 Å². The maximum Gasteiger partial charge on any atom is -0.0303 e. The van der Waals surface area contributed by atoms with Crippen LogP contribution in [0.15, 0.2) is 0 Å². The average Bonchev–Trinajstić information content (AvgIpc) is 1.61. The third-order valence-electron chi connectivity index (χ3n) is 0.927. The fourth-order valence-corrected chi connectivity index (χ4v) is 0.479. The first kappa shape index (κ1) is 7.00. The van der Waals surface area contributed by atoms with Gasteiger partial charge in [-0.2, -0.15) is 0 Å². The third kappa shape index (κ3) is 6.00. The molecular formula is C7H14. The van der Waals surface area contributed by atoms with E-state index in [-0.39, 0.29) is 0 Å². The van der Waals surface area contributed by atoms with Crippen LogP contribution >= 0.6 is 0 Å². The Balaban J connectivity index is 2.68. The van der Waals surface area contributed by atoms with Crippen LogP contribution in [0.25, 0.3) is 0 Å². The van der Waals surface area contributed by atoms with Crippen LogP contribution < -0.4 is 0 Å². The molecule has 0 spiro atoms. The molecule has 0 aliphatic heterocycles. The average molecular weight is 98.2 g/mol. The van der Waals surface area contributed by atoms with E-state index in [2.05, 4.69) is 20.8 Å². The van der Waals surface area contributed by atoms with Crippen LogP contribution in [0.1, 0.15) is 33.1 Å². The molecular weight excluding hydrogens is 84.1 g/mol. The molecule has 0 heteroatoms. The van der Waals surface area contributed by atoms with Gasteiger partial charge in [0.15, 0.2) is 0 Å². The standard InChI is InChI=1S/C7H14/c1-4-5-6-7(2)3/h1,4-6H2,2-3H3. The molecule has 0 saturated carbocycles. The van der Waals surface area contributed by atoms with Crippen LogP contribution in [0.3, 0.4) is 0 Å². The Hall–Kier alpha value is 0. The predicted molar refractivity (Wildman–Crippen MR) is 33.8 cm³/mol. The second-order valence-electron chi connectivity index (χ2n) is 2.16. The van der Waals surface area contributed by atoms with E-state index in [0.717, 1.165) is 6.42 Å². The summed E-state index contributed by atoms with van der Waals surface area (Å²) < 4.78 is 0. The Morgan fingerprint density at radius 3 is 2.14 bits per heavy atom. The normalized spacial score (nSPS) is 10.3. The molecule has 0 N–H and O–H groups in total. The van der Waals surface area contributed by atoms with Crippen molar-refractivity contribution in [2.24, 2.45) is 0 Å². The summed E-state index contributed by atoms with van der Waals surface area (Å²) in [6.45, 7) is 8.07. The lowest BCUT2D eigenvalue weighted by Crippen LogP contribution is -1.81. The summed E-state index contributed by atoms with van der Waals surface area (Å²) in [7, 11) is 0. The molecule has 2 radical (unpaired) electrons. The van der Waals surface area contributed by atoms with Crippen molar-refractivity contribution in [2.75, 3.05) is 0 Å². The lowest BCUT2D eigenvalue weighted by molar-refractivity contribution is 0.758. The Labute approximate surface area is 46.9 Å². The highest BCUT2D eigenvalue weighted by atomic mass is 13.9. The van der Waals surface area contributed by atoms with Gasteiger partial charge in [-0.3, -0.25) is 0 Å². The minimum Gasteiger partial charge on any atom is -0.0594 e. The van der Waals surface area contributed by atoms with Gasteiger partial charge in [-0.1, -0.05) is 33.6 Å². The van der Waals surface area contributed by atoms with Crippen molar-refractivity contribution in [3.05, 3.63) is 12.8 Å². The molecule has 0 unspecified atom stereocenters. The molecule has 0 aromatic rings. The lowest BCUT2D eigenvalue weighted by Gasteiger charge is -1.98. The molecule has 0 amide bonds. The molecule has 0 heterocycles. The number of hydrogen-bond donors (Lipinski definition) is 0. The summed E-state index contributed by atoms with van der Waals surface area (Å²) in [4.78, 5) is 0. The van der Waals surface area contributed by atoms with Crippen molar-refractivity contribution in [2.45, 2.75) is 33.1 Å². The van der Waals surface area contributed by atoms with Crippen molar-refractivity contribution < 1.29 is 0 Å². The quantitative estimate of drug-likeness (QED) is 0.509. The van der Waals surface area contributed by atoms with Crippen LogP contribution in [0, 0.1) is 12.8 Å². The van der Waals surface area contributed by atoms with E-state index >= 15 is 0 Å². The number of hydrogen-bond acceptors (Lipinski definition) is 0. The van der Waals surface area contributed by atoms with E-state index in [0.29, 0.717) is 0 Å². The Morgan fingerprint density at radius 2 is 2.00 bits per heavy atom. The van der Waals surface area contributed by atoms with Crippen molar-refractivity contribution >= 4 is 0 Å². The van der Waals surface area contributed by atoms with Gasteiger partial charge in [0.1, 0.15) is 0 Å². The largest absolute Gasteiger partial charge is 0.0594 e. The van der Waals surface area contributed by atoms with Crippen molar-refractivity contribution in [1.29, 1.82) is 0 Å². The van der Waals surface area contributed by atoms with E-state index in [4.69, 9.17) is 0 Å². The van der Waals surface area contributed by atoms with E-state index in [1.54, 1.807) is 0 Å². The Kier molecular flexibility index (Phi) is 4.17. The van der Waals surface area contributed by atoms with Crippen LogP contribution in [-0.4, -0.2) is 0 Å². The summed E-state index contributed by atoms with van der Waals surface area (Å²) in [5, 5.41) is 0. The zero-order valence-corrected chi connectivity index (χ0v) is 5.33. The summed E-state index contributed by atoms with van der Waals surface area (Å²) in [5.74, 6) is 1.52. The maximum absolute atomic E-state index is 3.74. The Morgan fingerprint density at radius 1 is 1.43 bits per heavy atom. The topological polar surface area (TPSA) is 0 Å². The van der Waals surface area contributed by atoms with Gasteiger partial charge in [0.25, 0.3) is 0 Å². The van der Waals surface area contributed by atoms with Gasteiger partial charge in [-0.05, 0) is 12.3 Å². The summed E-state index contributed by atoms with van der Waals surface area (Å²) >= 11 is 0. The minimum atomic E-state index is 1.07. The van der Waals surface area contributed by atoms with Crippen LogP contribution in [0.4, 0.5) is 0 Å². The second kappa shape index (κ2) is 4.17. The second-order valence-corrected chi connectivity index (χ2v) is 2.16. The fraction of sp³-hybridized carbons (Fsp3) is 0.714. The molecule has 7 heavy (non-hydrogen) atoms. The van der Waals surface area contributed by atoms with Gasteiger partial charge in [-0.25, -0.2) is 0 Å². The van der Waals surface area contributed by atoms with E-state index in [1.807, 2.05) is 0 Å². The van der Waals surface area contributed by atoms with Crippen LogP contribution in [0.5, 0.6) is 0 Å². The minimum absolute atomic E-state index is 1.07. The molecule has 0 aromatic heterocycles. The van der Waals surface area contributed by atoms with E-state index in [1.165, 1.54) is 18.8 Å². The monoisotopic (exact) mass is 98.1 g/mol. The first-order valence-corrected chi connectivity index (χ1v) is 2.85. The highest BCUT2D eigenvalue weighted by Gasteiger charge is 1.89. The summed E-state index contributed by atoms with van der Waals surface area (Å²) in [6.07, 6.45) is 3.58. The van der Waals surface area contributed by atoms with Crippen LogP contribution in [0.2, 0.25) is 0 Å². The molecule has 0 aromatic carbocycles. The van der Waals surface area contributed by atoms with Gasteiger partial charge in [-0.15, -0.1) is 0 Å². The Bertz CT molecular complexity index is 29.0. The number of rotatable bonds is 3. The van der Waals surface area contributed by atoms with Crippen molar-refractivity contribution in [3.8, 4) is 0 Å². The number of unbranched alkanes of at least 4 members (excludes halogenated alkanes) is 1. The first-order valence-electron chi connectivity index (χ1n) is 2.85. The lowest BCUT2D eigenvalue weighted by atomic mass is 10.1. The zero-order chi connectivity index (χ0) is 5.70. The summed E-state index contributed by atoms with van der Waals surface area (Å²) in [5.41, 5.74) is 0. The molecule has 0 bridgehead atoms. The predicted octanol–water partition coefficient (Wildman–Crippen LogP) is 2.61. The molecule has 0 aliphatic carbocycles. The van der Waals surface area contributed by atoms with Gasteiger partial charge in [0.05, 0.1) is 0 Å². The molecule has 0 rings (SSSR count). The van der Waals surface area contributed by atoms with Gasteiger partial charge < -0.3 is 0 Å². The van der Waals surface area contributed by atoms with Gasteiger partial charge in [0.2, 0.25) is 0 Å². The molecule has 0 aliphatic rings. The highest BCUT2D eigenvalue weighted by molar-refractivity contribution is 4.75. The van der Waals surface area contributed by atoms with Gasteiger partial charge in [0, 0.05) is 0 Å².